The third-order valence-electron chi connectivity index (χ3n) is 1.89. The second-order valence-electron chi connectivity index (χ2n) is 3.59. The smallest absolute Gasteiger partial charge is 0.692 e. The van der Waals surface area contributed by atoms with E-state index in [1.807, 2.05) is 32.0 Å². The number of hydrogen-bond acceptors (Lipinski definition) is 1. The Bertz CT molecular complexity index is 298. The SMILES string of the molecule is [C-]#CC(C)(C)NCc1ccccc1.[Li+]. The van der Waals surface area contributed by atoms with Gasteiger partial charge in [0.1, 0.15) is 0 Å². The van der Waals surface area contributed by atoms with Gasteiger partial charge in [0.25, 0.3) is 0 Å². The maximum absolute atomic E-state index is 7.06. The van der Waals surface area contributed by atoms with Gasteiger partial charge in [-0.2, -0.15) is 0 Å². The molecule has 68 valence electrons. The predicted octanol–water partition coefficient (Wildman–Crippen LogP) is -0.851. The summed E-state index contributed by atoms with van der Waals surface area (Å²) >= 11 is 0. The van der Waals surface area contributed by atoms with Crippen LogP contribution in [0.2, 0.25) is 0 Å². The molecular formula is C12H14LiN. The molecule has 1 aromatic rings. The second kappa shape index (κ2) is 5.94. The van der Waals surface area contributed by atoms with E-state index < -0.39 is 0 Å². The van der Waals surface area contributed by atoms with Crippen molar-refractivity contribution in [3.63, 3.8) is 0 Å². The molecule has 0 spiro atoms. The molecule has 0 bridgehead atoms. The van der Waals surface area contributed by atoms with Crippen molar-refractivity contribution in [2.75, 3.05) is 0 Å². The summed E-state index contributed by atoms with van der Waals surface area (Å²) in [5.74, 6) is 2.45. The zero-order chi connectivity index (χ0) is 9.73. The topological polar surface area (TPSA) is 12.0 Å². The van der Waals surface area contributed by atoms with Crippen LogP contribution in [-0.4, -0.2) is 5.54 Å². The van der Waals surface area contributed by atoms with Gasteiger partial charge in [-0.15, -0.1) is 0 Å². The molecule has 0 aromatic heterocycles. The molecule has 0 radical (unpaired) electrons. The molecular weight excluding hydrogens is 165 g/mol. The number of hydrogen-bond donors (Lipinski definition) is 1. The summed E-state index contributed by atoms with van der Waals surface area (Å²) in [6.45, 7) is 4.64. The van der Waals surface area contributed by atoms with Gasteiger partial charge in [-0.25, -0.2) is 0 Å². The van der Waals surface area contributed by atoms with Crippen molar-refractivity contribution in [1.29, 1.82) is 0 Å². The maximum atomic E-state index is 7.06. The molecule has 2 heteroatoms. The average Bonchev–Trinajstić information content (AvgIpc) is 2.17. The van der Waals surface area contributed by atoms with E-state index >= 15 is 0 Å². The third-order valence-corrected chi connectivity index (χ3v) is 1.89. The molecule has 0 heterocycles. The monoisotopic (exact) mass is 179 g/mol. The van der Waals surface area contributed by atoms with Gasteiger partial charge in [0.05, 0.1) is 0 Å². The molecule has 0 saturated heterocycles. The van der Waals surface area contributed by atoms with E-state index in [4.69, 9.17) is 6.42 Å². The van der Waals surface area contributed by atoms with Crippen LogP contribution in [0, 0.1) is 12.3 Å². The van der Waals surface area contributed by atoms with E-state index in [1.54, 1.807) is 0 Å². The first-order chi connectivity index (χ1) is 6.14. The van der Waals surface area contributed by atoms with Gasteiger partial charge in [-0.1, -0.05) is 30.3 Å². The van der Waals surface area contributed by atoms with E-state index in [-0.39, 0.29) is 24.4 Å². The quantitative estimate of drug-likeness (QED) is 0.362. The summed E-state index contributed by atoms with van der Waals surface area (Å²) in [4.78, 5) is 0. The third kappa shape index (κ3) is 4.54. The van der Waals surface area contributed by atoms with E-state index in [9.17, 15) is 0 Å². The van der Waals surface area contributed by atoms with Crippen LogP contribution in [0.4, 0.5) is 0 Å². The summed E-state index contributed by atoms with van der Waals surface area (Å²) in [5, 5.41) is 3.23. The fourth-order valence-corrected chi connectivity index (χ4v) is 0.963. The van der Waals surface area contributed by atoms with Crippen LogP contribution in [0.15, 0.2) is 30.3 Å². The summed E-state index contributed by atoms with van der Waals surface area (Å²) in [6, 6.07) is 10.1. The zero-order valence-electron chi connectivity index (χ0n) is 9.09. The van der Waals surface area contributed by atoms with Crippen molar-refractivity contribution in [3.8, 4) is 5.92 Å². The standard InChI is InChI=1S/C12H14N.Li/c1-4-12(2,3)13-10-11-8-6-5-7-9-11;/h5-9,13H,10H2,2-3H3;/q-1;+1. The van der Waals surface area contributed by atoms with E-state index in [1.165, 1.54) is 5.56 Å². The van der Waals surface area contributed by atoms with Crippen LogP contribution in [0.1, 0.15) is 19.4 Å². The summed E-state index contributed by atoms with van der Waals surface area (Å²) < 4.78 is 0. The molecule has 0 aliphatic heterocycles. The molecule has 1 N–H and O–H groups in total. The number of rotatable bonds is 3. The Morgan fingerprint density at radius 1 is 1.29 bits per heavy atom. The second-order valence-corrected chi connectivity index (χ2v) is 3.59. The van der Waals surface area contributed by atoms with Gasteiger partial charge in [0.15, 0.2) is 0 Å². The Morgan fingerprint density at radius 2 is 1.86 bits per heavy atom. The number of nitrogens with one attached hydrogen (secondary N) is 1. The normalized spacial score (nSPS) is 10.1. The van der Waals surface area contributed by atoms with Crippen LogP contribution in [-0.2, 0) is 6.54 Å². The molecule has 0 unspecified atom stereocenters. The molecule has 0 fully saturated rings. The van der Waals surface area contributed by atoms with Crippen molar-refractivity contribution in [3.05, 3.63) is 42.3 Å². The van der Waals surface area contributed by atoms with E-state index in [2.05, 4.69) is 23.4 Å². The average molecular weight is 179 g/mol. The summed E-state index contributed by atoms with van der Waals surface area (Å²) in [6.07, 6.45) is 7.06. The molecule has 0 aliphatic carbocycles. The predicted molar refractivity (Wildman–Crippen MR) is 54.5 cm³/mol. The van der Waals surface area contributed by atoms with E-state index in [0.717, 1.165) is 6.54 Å². The Balaban J connectivity index is 0.00000169. The Hall–Kier alpha value is -0.663. The maximum Gasteiger partial charge on any atom is 1.00 e. The van der Waals surface area contributed by atoms with Crippen molar-refractivity contribution >= 4 is 0 Å². The van der Waals surface area contributed by atoms with Gasteiger partial charge in [-0.05, 0) is 19.4 Å². The van der Waals surface area contributed by atoms with Crippen LogP contribution in [0.25, 0.3) is 0 Å². The summed E-state index contributed by atoms with van der Waals surface area (Å²) in [7, 11) is 0. The van der Waals surface area contributed by atoms with Crippen molar-refractivity contribution < 1.29 is 18.9 Å². The minimum absolute atomic E-state index is 0. The first-order valence-corrected chi connectivity index (χ1v) is 4.37. The number of benzene rings is 1. The molecule has 1 rings (SSSR count). The Kier molecular flexibility index (Phi) is 5.66. The minimum Gasteiger partial charge on any atom is -0.692 e. The first kappa shape index (κ1) is 13.3. The fraction of sp³-hybridized carbons (Fsp3) is 0.333. The van der Waals surface area contributed by atoms with Crippen LogP contribution in [0.5, 0.6) is 0 Å². The molecule has 1 nitrogen and oxygen atoms in total. The largest absolute Gasteiger partial charge is 1.00 e. The van der Waals surface area contributed by atoms with Gasteiger partial charge < -0.3 is 17.7 Å². The van der Waals surface area contributed by atoms with Crippen molar-refractivity contribution in [2.45, 2.75) is 25.9 Å². The van der Waals surface area contributed by atoms with E-state index in [0.29, 0.717) is 0 Å². The molecule has 0 saturated carbocycles. The van der Waals surface area contributed by atoms with Gasteiger partial charge >= 0.3 is 18.9 Å². The zero-order valence-corrected chi connectivity index (χ0v) is 9.09. The fourth-order valence-electron chi connectivity index (χ4n) is 0.963. The Morgan fingerprint density at radius 3 is 2.36 bits per heavy atom. The van der Waals surface area contributed by atoms with Gasteiger partial charge in [-0.3, -0.25) is 0 Å². The first-order valence-electron chi connectivity index (χ1n) is 4.37. The molecule has 0 amide bonds. The van der Waals surface area contributed by atoms with Crippen molar-refractivity contribution in [2.24, 2.45) is 0 Å². The minimum atomic E-state index is -0.337. The molecule has 1 aromatic carbocycles. The van der Waals surface area contributed by atoms with Crippen LogP contribution in [0.3, 0.4) is 0 Å². The van der Waals surface area contributed by atoms with Crippen LogP contribution < -0.4 is 24.2 Å². The summed E-state index contributed by atoms with van der Waals surface area (Å²) in [5.41, 5.74) is 0.890. The van der Waals surface area contributed by atoms with Gasteiger partial charge in [0, 0.05) is 12.1 Å². The Labute approximate surface area is 98.5 Å². The molecule has 14 heavy (non-hydrogen) atoms. The van der Waals surface area contributed by atoms with Gasteiger partial charge in [0.2, 0.25) is 0 Å². The molecule has 0 aliphatic rings. The molecule has 0 atom stereocenters. The van der Waals surface area contributed by atoms with Crippen LogP contribution >= 0.6 is 0 Å². The van der Waals surface area contributed by atoms with Crippen molar-refractivity contribution in [1.82, 2.24) is 5.32 Å².